The Labute approximate surface area is 166 Å². The van der Waals surface area contributed by atoms with Crippen molar-refractivity contribution in [2.75, 3.05) is 0 Å². The standard InChI is InChI=1S/C19H18Cl2N2S2/c20-17-7-3-1-5-15(17)12-24-19(11-23-10-9-22-14-23)25-13-16-6-2-4-8-18(16)21/h1-10,14,19H,11-13H2. The van der Waals surface area contributed by atoms with Crippen LogP contribution < -0.4 is 0 Å². The van der Waals surface area contributed by atoms with Gasteiger partial charge in [-0.05, 0) is 23.3 Å². The number of benzene rings is 2. The first-order valence-electron chi connectivity index (χ1n) is 7.88. The van der Waals surface area contributed by atoms with Crippen molar-refractivity contribution in [1.82, 2.24) is 9.55 Å². The molecule has 0 fully saturated rings. The van der Waals surface area contributed by atoms with Crippen LogP contribution in [0.4, 0.5) is 0 Å². The van der Waals surface area contributed by atoms with Crippen molar-refractivity contribution >= 4 is 46.7 Å². The summed E-state index contributed by atoms with van der Waals surface area (Å²) in [7, 11) is 0. The van der Waals surface area contributed by atoms with Crippen molar-refractivity contribution in [2.24, 2.45) is 0 Å². The summed E-state index contributed by atoms with van der Waals surface area (Å²) in [6, 6.07) is 16.0. The number of hydrogen-bond acceptors (Lipinski definition) is 3. The molecule has 0 aliphatic carbocycles. The first-order valence-corrected chi connectivity index (χ1v) is 10.7. The molecule has 0 bridgehead atoms. The van der Waals surface area contributed by atoms with Crippen molar-refractivity contribution in [2.45, 2.75) is 22.6 Å². The van der Waals surface area contributed by atoms with Gasteiger partial charge in [0.05, 0.1) is 10.9 Å². The van der Waals surface area contributed by atoms with Crippen LogP contribution in [-0.4, -0.2) is 14.1 Å². The fourth-order valence-electron chi connectivity index (χ4n) is 2.32. The molecule has 2 aromatic carbocycles. The highest BCUT2D eigenvalue weighted by Gasteiger charge is 2.13. The third kappa shape index (κ3) is 5.71. The van der Waals surface area contributed by atoms with Gasteiger partial charge in [-0.3, -0.25) is 0 Å². The molecule has 1 aromatic heterocycles. The van der Waals surface area contributed by atoms with E-state index in [0.717, 1.165) is 28.1 Å². The third-order valence-electron chi connectivity index (χ3n) is 3.68. The predicted octanol–water partition coefficient (Wildman–Crippen LogP) is 6.38. The van der Waals surface area contributed by atoms with Gasteiger partial charge in [-0.1, -0.05) is 59.6 Å². The van der Waals surface area contributed by atoms with E-state index in [2.05, 4.69) is 21.7 Å². The molecule has 0 amide bonds. The van der Waals surface area contributed by atoms with E-state index in [9.17, 15) is 0 Å². The summed E-state index contributed by atoms with van der Waals surface area (Å²) < 4.78 is 2.49. The normalized spacial score (nSPS) is 11.2. The van der Waals surface area contributed by atoms with Crippen molar-refractivity contribution in [3.05, 3.63) is 88.4 Å². The number of imidazole rings is 1. The second kappa shape index (κ2) is 9.58. The van der Waals surface area contributed by atoms with Crippen LogP contribution >= 0.6 is 46.7 Å². The van der Waals surface area contributed by atoms with E-state index in [-0.39, 0.29) is 0 Å². The van der Waals surface area contributed by atoms with E-state index >= 15 is 0 Å². The van der Waals surface area contributed by atoms with E-state index < -0.39 is 0 Å². The first-order chi connectivity index (χ1) is 12.2. The zero-order valence-electron chi connectivity index (χ0n) is 13.5. The zero-order valence-corrected chi connectivity index (χ0v) is 16.7. The number of aromatic nitrogens is 2. The van der Waals surface area contributed by atoms with Crippen molar-refractivity contribution in [3.63, 3.8) is 0 Å². The van der Waals surface area contributed by atoms with Crippen LogP contribution in [-0.2, 0) is 18.1 Å². The van der Waals surface area contributed by atoms with Gasteiger partial charge in [-0.15, -0.1) is 23.5 Å². The van der Waals surface area contributed by atoms with Gasteiger partial charge in [0, 0.05) is 40.5 Å². The molecule has 3 rings (SSSR count). The Hall–Kier alpha value is -1.07. The molecule has 0 atom stereocenters. The summed E-state index contributed by atoms with van der Waals surface area (Å²) in [5, 5.41) is 1.65. The largest absolute Gasteiger partial charge is 0.336 e. The monoisotopic (exact) mass is 408 g/mol. The number of nitrogens with zero attached hydrogens (tertiary/aromatic N) is 2. The van der Waals surface area contributed by atoms with Gasteiger partial charge in [0.15, 0.2) is 0 Å². The smallest absolute Gasteiger partial charge is 0.0946 e. The molecule has 25 heavy (non-hydrogen) atoms. The first kappa shape index (κ1) is 18.7. The van der Waals surface area contributed by atoms with Crippen LogP contribution in [0.3, 0.4) is 0 Å². The van der Waals surface area contributed by atoms with Gasteiger partial charge in [-0.25, -0.2) is 4.98 Å². The van der Waals surface area contributed by atoms with E-state index in [1.807, 2.05) is 78.6 Å². The molecular formula is C19H18Cl2N2S2. The molecule has 0 radical (unpaired) electrons. The molecule has 3 aromatic rings. The summed E-state index contributed by atoms with van der Waals surface area (Å²) in [4.78, 5) is 4.14. The summed E-state index contributed by atoms with van der Waals surface area (Å²) in [6.45, 7) is 0.893. The maximum absolute atomic E-state index is 6.29. The maximum atomic E-state index is 6.29. The molecule has 0 unspecified atom stereocenters. The Morgan fingerprint density at radius 2 is 1.44 bits per heavy atom. The van der Waals surface area contributed by atoms with Crippen LogP contribution in [0.1, 0.15) is 11.1 Å². The Balaban J connectivity index is 1.64. The number of thioether (sulfide) groups is 2. The maximum Gasteiger partial charge on any atom is 0.0946 e. The van der Waals surface area contributed by atoms with Crippen molar-refractivity contribution < 1.29 is 0 Å². The fourth-order valence-corrected chi connectivity index (χ4v) is 5.46. The summed E-state index contributed by atoms with van der Waals surface area (Å²) in [6.07, 6.45) is 5.67. The van der Waals surface area contributed by atoms with Gasteiger partial charge in [-0.2, -0.15) is 0 Å². The van der Waals surface area contributed by atoms with Crippen LogP contribution in [0.25, 0.3) is 0 Å². The Bertz CT molecular complexity index is 744. The van der Waals surface area contributed by atoms with Gasteiger partial charge in [0.2, 0.25) is 0 Å². The lowest BCUT2D eigenvalue weighted by atomic mass is 10.2. The van der Waals surface area contributed by atoms with Crippen LogP contribution in [0, 0.1) is 0 Å². The van der Waals surface area contributed by atoms with E-state index in [1.165, 1.54) is 11.1 Å². The minimum absolute atomic E-state index is 0.377. The topological polar surface area (TPSA) is 17.8 Å². The molecular weight excluding hydrogens is 391 g/mol. The third-order valence-corrected chi connectivity index (χ3v) is 7.24. The van der Waals surface area contributed by atoms with Crippen LogP contribution in [0.15, 0.2) is 67.3 Å². The van der Waals surface area contributed by atoms with Gasteiger partial charge in [0.1, 0.15) is 0 Å². The van der Waals surface area contributed by atoms with Gasteiger partial charge < -0.3 is 4.57 Å². The molecule has 0 aliphatic heterocycles. The van der Waals surface area contributed by atoms with Crippen LogP contribution in [0.2, 0.25) is 10.0 Å². The summed E-state index contributed by atoms with van der Waals surface area (Å²) in [5.74, 6) is 1.77. The Morgan fingerprint density at radius 1 is 0.880 bits per heavy atom. The number of rotatable bonds is 8. The second-order valence-electron chi connectivity index (χ2n) is 5.49. The molecule has 0 spiro atoms. The lowest BCUT2D eigenvalue weighted by molar-refractivity contribution is 0.750. The van der Waals surface area contributed by atoms with E-state index in [4.69, 9.17) is 23.2 Å². The minimum Gasteiger partial charge on any atom is -0.336 e. The number of halogens is 2. The Kier molecular flexibility index (Phi) is 7.17. The lowest BCUT2D eigenvalue weighted by Crippen LogP contribution is -2.09. The highest BCUT2D eigenvalue weighted by atomic mass is 35.5. The second-order valence-corrected chi connectivity index (χ2v) is 8.99. The lowest BCUT2D eigenvalue weighted by Gasteiger charge is -2.18. The SMILES string of the molecule is Clc1ccccc1CSC(Cn1ccnc1)SCc1ccccc1Cl. The molecule has 130 valence electrons. The molecule has 0 N–H and O–H groups in total. The molecule has 2 nitrogen and oxygen atoms in total. The summed E-state index contributed by atoms with van der Waals surface area (Å²) in [5.41, 5.74) is 2.34. The average Bonchev–Trinajstić information content (AvgIpc) is 3.13. The summed E-state index contributed by atoms with van der Waals surface area (Å²) >= 11 is 16.4. The van der Waals surface area contributed by atoms with Gasteiger partial charge in [0.25, 0.3) is 0 Å². The number of hydrogen-bond donors (Lipinski definition) is 0. The molecule has 1 heterocycles. The van der Waals surface area contributed by atoms with E-state index in [0.29, 0.717) is 4.58 Å². The van der Waals surface area contributed by atoms with Crippen LogP contribution in [0.5, 0.6) is 0 Å². The highest BCUT2D eigenvalue weighted by Crippen LogP contribution is 2.33. The molecule has 0 saturated heterocycles. The van der Waals surface area contributed by atoms with Gasteiger partial charge >= 0.3 is 0 Å². The van der Waals surface area contributed by atoms with E-state index in [1.54, 1.807) is 0 Å². The average molecular weight is 409 g/mol. The quantitative estimate of drug-likeness (QED) is 0.402. The van der Waals surface area contributed by atoms with Crippen molar-refractivity contribution in [3.8, 4) is 0 Å². The molecule has 6 heteroatoms. The van der Waals surface area contributed by atoms with Crippen molar-refractivity contribution in [1.29, 1.82) is 0 Å². The molecule has 0 saturated carbocycles. The molecule has 0 aliphatic rings. The minimum atomic E-state index is 0.377. The fraction of sp³-hybridized carbons (Fsp3) is 0.211. The zero-order chi connectivity index (χ0) is 17.5. The highest BCUT2D eigenvalue weighted by molar-refractivity contribution is 8.16. The predicted molar refractivity (Wildman–Crippen MR) is 112 cm³/mol. The Morgan fingerprint density at radius 3 is 1.92 bits per heavy atom.